The summed E-state index contributed by atoms with van der Waals surface area (Å²) < 4.78 is 5.64. The zero-order chi connectivity index (χ0) is 14.7. The number of aromatic nitrogens is 1. The van der Waals surface area contributed by atoms with E-state index in [9.17, 15) is 10.1 Å². The van der Waals surface area contributed by atoms with Gasteiger partial charge in [0, 0.05) is 12.3 Å². The fourth-order valence-corrected chi connectivity index (χ4v) is 1.79. The highest BCUT2D eigenvalue weighted by molar-refractivity contribution is 5.45. The van der Waals surface area contributed by atoms with E-state index in [-0.39, 0.29) is 11.6 Å². The van der Waals surface area contributed by atoms with Crippen LogP contribution in [0.5, 0.6) is 11.6 Å². The highest BCUT2D eigenvalue weighted by atomic mass is 16.6. The summed E-state index contributed by atoms with van der Waals surface area (Å²) in [6, 6.07) is 8.77. The normalized spacial score (nSPS) is 10.6. The van der Waals surface area contributed by atoms with Crippen molar-refractivity contribution in [2.24, 2.45) is 0 Å². The molecule has 104 valence electrons. The van der Waals surface area contributed by atoms with Gasteiger partial charge in [0.2, 0.25) is 0 Å². The largest absolute Gasteiger partial charge is 0.433 e. The Labute approximate surface area is 117 Å². The molecule has 2 aromatic rings. The third kappa shape index (κ3) is 2.93. The standard InChI is InChI=1S/C15H16N2O3/c1-10(2)12-7-6-11(3)14(9-12)20-15-13(17(18)19)5-4-8-16-15/h4-10H,1-3H3. The lowest BCUT2D eigenvalue weighted by molar-refractivity contribution is -0.386. The third-order valence-corrected chi connectivity index (χ3v) is 3.03. The smallest absolute Gasteiger partial charge is 0.331 e. The van der Waals surface area contributed by atoms with E-state index in [0.717, 1.165) is 11.1 Å². The Morgan fingerprint density at radius 1 is 1.30 bits per heavy atom. The van der Waals surface area contributed by atoms with Crippen molar-refractivity contribution in [3.05, 3.63) is 57.8 Å². The van der Waals surface area contributed by atoms with Crippen LogP contribution in [-0.2, 0) is 0 Å². The predicted octanol–water partition coefficient (Wildman–Crippen LogP) is 4.21. The second-order valence-corrected chi connectivity index (χ2v) is 4.87. The number of benzene rings is 1. The van der Waals surface area contributed by atoms with Crippen molar-refractivity contribution in [2.75, 3.05) is 0 Å². The molecule has 0 saturated carbocycles. The van der Waals surface area contributed by atoms with Crippen molar-refractivity contribution in [2.45, 2.75) is 26.7 Å². The fourth-order valence-electron chi connectivity index (χ4n) is 1.79. The van der Waals surface area contributed by atoms with Crippen LogP contribution < -0.4 is 4.74 Å². The van der Waals surface area contributed by atoms with Gasteiger partial charge in [-0.3, -0.25) is 10.1 Å². The molecule has 0 saturated heterocycles. The molecule has 20 heavy (non-hydrogen) atoms. The molecule has 0 aliphatic carbocycles. The van der Waals surface area contributed by atoms with Gasteiger partial charge in [-0.2, -0.15) is 0 Å². The zero-order valence-corrected chi connectivity index (χ0v) is 11.7. The first-order chi connectivity index (χ1) is 9.49. The SMILES string of the molecule is Cc1ccc(C(C)C)cc1Oc1ncccc1[N+](=O)[O-]. The summed E-state index contributed by atoms with van der Waals surface area (Å²) in [5, 5.41) is 11.0. The Balaban J connectivity index is 2.40. The summed E-state index contributed by atoms with van der Waals surface area (Å²) in [4.78, 5) is 14.4. The lowest BCUT2D eigenvalue weighted by Gasteiger charge is -2.11. The summed E-state index contributed by atoms with van der Waals surface area (Å²) in [7, 11) is 0. The Morgan fingerprint density at radius 3 is 2.70 bits per heavy atom. The third-order valence-electron chi connectivity index (χ3n) is 3.03. The Morgan fingerprint density at radius 2 is 2.05 bits per heavy atom. The van der Waals surface area contributed by atoms with Crippen LogP contribution in [0.4, 0.5) is 5.69 Å². The van der Waals surface area contributed by atoms with Crippen LogP contribution in [0.25, 0.3) is 0 Å². The zero-order valence-electron chi connectivity index (χ0n) is 11.7. The summed E-state index contributed by atoms with van der Waals surface area (Å²) >= 11 is 0. The highest BCUT2D eigenvalue weighted by Gasteiger charge is 2.17. The van der Waals surface area contributed by atoms with Crippen molar-refractivity contribution in [1.29, 1.82) is 0 Å². The van der Waals surface area contributed by atoms with Crippen LogP contribution in [0.3, 0.4) is 0 Å². The van der Waals surface area contributed by atoms with E-state index in [4.69, 9.17) is 4.74 Å². The Kier molecular flexibility index (Phi) is 3.98. The maximum atomic E-state index is 11.0. The van der Waals surface area contributed by atoms with Gasteiger partial charge in [0.25, 0.3) is 5.88 Å². The van der Waals surface area contributed by atoms with Gasteiger partial charge in [-0.25, -0.2) is 4.98 Å². The first-order valence-corrected chi connectivity index (χ1v) is 6.37. The lowest BCUT2D eigenvalue weighted by Crippen LogP contribution is -1.97. The van der Waals surface area contributed by atoms with Crippen LogP contribution in [0.1, 0.15) is 30.9 Å². The van der Waals surface area contributed by atoms with E-state index in [2.05, 4.69) is 18.8 Å². The molecule has 2 rings (SSSR count). The monoisotopic (exact) mass is 272 g/mol. The molecule has 5 nitrogen and oxygen atoms in total. The minimum absolute atomic E-state index is 0.0153. The average molecular weight is 272 g/mol. The summed E-state index contributed by atoms with van der Waals surface area (Å²) in [5.74, 6) is 0.969. The van der Waals surface area contributed by atoms with Gasteiger partial charge in [0.15, 0.2) is 0 Å². The van der Waals surface area contributed by atoms with Crippen molar-refractivity contribution in [3.8, 4) is 11.6 Å². The van der Waals surface area contributed by atoms with E-state index in [1.807, 2.05) is 25.1 Å². The number of hydrogen-bond donors (Lipinski definition) is 0. The number of pyridine rings is 1. The summed E-state index contributed by atoms with van der Waals surface area (Å²) in [5.41, 5.74) is 1.89. The molecule has 1 aromatic carbocycles. The van der Waals surface area contributed by atoms with Gasteiger partial charge in [0.1, 0.15) is 5.75 Å². The Hall–Kier alpha value is -2.43. The van der Waals surface area contributed by atoms with Crippen LogP contribution in [-0.4, -0.2) is 9.91 Å². The van der Waals surface area contributed by atoms with Gasteiger partial charge in [-0.15, -0.1) is 0 Å². The number of aryl methyl sites for hydroxylation is 1. The minimum Gasteiger partial charge on any atom is -0.433 e. The molecule has 5 heteroatoms. The van der Waals surface area contributed by atoms with E-state index in [1.165, 1.54) is 18.3 Å². The van der Waals surface area contributed by atoms with Gasteiger partial charge >= 0.3 is 5.69 Å². The topological polar surface area (TPSA) is 65.3 Å². The second-order valence-electron chi connectivity index (χ2n) is 4.87. The van der Waals surface area contributed by atoms with Crippen LogP contribution in [0.15, 0.2) is 36.5 Å². The number of nitro groups is 1. The molecule has 0 atom stereocenters. The molecule has 0 spiro atoms. The molecular weight excluding hydrogens is 256 g/mol. The van der Waals surface area contributed by atoms with Gasteiger partial charge in [0.05, 0.1) is 4.92 Å². The molecule has 0 N–H and O–H groups in total. The van der Waals surface area contributed by atoms with E-state index in [0.29, 0.717) is 11.7 Å². The molecular formula is C15H16N2O3. The molecule has 0 amide bonds. The predicted molar refractivity (Wildman–Crippen MR) is 76.2 cm³/mol. The lowest BCUT2D eigenvalue weighted by atomic mass is 10.0. The molecule has 0 radical (unpaired) electrons. The van der Waals surface area contributed by atoms with Gasteiger partial charge in [-0.05, 0) is 36.1 Å². The van der Waals surface area contributed by atoms with Crippen LogP contribution in [0, 0.1) is 17.0 Å². The number of rotatable bonds is 4. The Bertz CT molecular complexity index is 639. The molecule has 0 fully saturated rings. The molecule has 0 unspecified atom stereocenters. The quantitative estimate of drug-likeness (QED) is 0.617. The number of ether oxygens (including phenoxy) is 1. The number of hydrogen-bond acceptors (Lipinski definition) is 4. The minimum atomic E-state index is -0.496. The average Bonchev–Trinajstić information content (AvgIpc) is 2.41. The first-order valence-electron chi connectivity index (χ1n) is 6.37. The van der Waals surface area contributed by atoms with Crippen LogP contribution >= 0.6 is 0 Å². The van der Waals surface area contributed by atoms with E-state index >= 15 is 0 Å². The molecule has 1 aromatic heterocycles. The van der Waals surface area contributed by atoms with Gasteiger partial charge in [-0.1, -0.05) is 26.0 Å². The molecule has 1 heterocycles. The van der Waals surface area contributed by atoms with E-state index < -0.39 is 4.92 Å². The van der Waals surface area contributed by atoms with Crippen LogP contribution in [0.2, 0.25) is 0 Å². The molecule has 0 aliphatic heterocycles. The first kappa shape index (κ1) is 14.0. The maximum Gasteiger partial charge on any atom is 0.331 e. The van der Waals surface area contributed by atoms with Crippen molar-refractivity contribution in [1.82, 2.24) is 4.98 Å². The second kappa shape index (κ2) is 5.69. The van der Waals surface area contributed by atoms with Crippen molar-refractivity contribution in [3.63, 3.8) is 0 Å². The van der Waals surface area contributed by atoms with Crippen molar-refractivity contribution < 1.29 is 9.66 Å². The maximum absolute atomic E-state index is 11.0. The van der Waals surface area contributed by atoms with E-state index in [1.54, 1.807) is 0 Å². The highest BCUT2D eigenvalue weighted by Crippen LogP contribution is 2.32. The van der Waals surface area contributed by atoms with Gasteiger partial charge < -0.3 is 4.74 Å². The molecule has 0 bridgehead atoms. The molecule has 0 aliphatic rings. The summed E-state index contributed by atoms with van der Waals surface area (Å²) in [6.45, 7) is 6.06. The fraction of sp³-hybridized carbons (Fsp3) is 0.267. The summed E-state index contributed by atoms with van der Waals surface area (Å²) in [6.07, 6.45) is 1.48. The van der Waals surface area contributed by atoms with Crippen molar-refractivity contribution >= 4 is 5.69 Å². The number of nitrogens with zero attached hydrogens (tertiary/aromatic N) is 2.